The second-order valence-electron chi connectivity index (χ2n) is 4.65. The molecular weight excluding hydrogens is 259 g/mol. The fourth-order valence-electron chi connectivity index (χ4n) is 1.94. The van der Waals surface area contributed by atoms with E-state index in [4.69, 9.17) is 10.9 Å². The van der Waals surface area contributed by atoms with E-state index in [0.29, 0.717) is 19.0 Å². The van der Waals surface area contributed by atoms with E-state index in [-0.39, 0.29) is 6.54 Å². The van der Waals surface area contributed by atoms with Crippen molar-refractivity contribution < 1.29 is 18.4 Å². The van der Waals surface area contributed by atoms with Crippen molar-refractivity contribution >= 4 is 5.84 Å². The van der Waals surface area contributed by atoms with Gasteiger partial charge in [-0.2, -0.15) is 13.2 Å². The van der Waals surface area contributed by atoms with E-state index in [0.717, 1.165) is 12.8 Å². The van der Waals surface area contributed by atoms with E-state index in [1.54, 1.807) is 4.90 Å². The quantitative estimate of drug-likeness (QED) is 0.311. The lowest BCUT2D eigenvalue weighted by molar-refractivity contribution is -0.160. The maximum absolute atomic E-state index is 12.9. The summed E-state index contributed by atoms with van der Waals surface area (Å²) in [6.07, 6.45) is -2.65. The molecule has 0 heterocycles. The second-order valence-corrected chi connectivity index (χ2v) is 4.65. The van der Waals surface area contributed by atoms with Gasteiger partial charge in [0.05, 0.1) is 0 Å². The first-order valence-corrected chi connectivity index (χ1v) is 6.56. The lowest BCUT2D eigenvalue weighted by atomic mass is 10.0. The van der Waals surface area contributed by atoms with Crippen LogP contribution >= 0.6 is 0 Å². The zero-order valence-corrected chi connectivity index (χ0v) is 11.7. The summed E-state index contributed by atoms with van der Waals surface area (Å²) in [5, 5.41) is 11.0. The van der Waals surface area contributed by atoms with Crippen molar-refractivity contribution in [1.82, 2.24) is 4.90 Å². The molecular formula is C12H24F3N3O. The maximum atomic E-state index is 12.9. The fraction of sp³-hybridized carbons (Fsp3) is 0.917. The summed E-state index contributed by atoms with van der Waals surface area (Å²) < 4.78 is 38.6. The number of alkyl halides is 3. The Hall–Kier alpha value is -0.980. The van der Waals surface area contributed by atoms with Crippen LogP contribution in [-0.4, -0.2) is 41.8 Å². The minimum Gasteiger partial charge on any atom is -0.409 e. The number of amidine groups is 1. The Bertz CT molecular complexity index is 278. The molecule has 0 aromatic carbocycles. The monoisotopic (exact) mass is 283 g/mol. The Morgan fingerprint density at radius 2 is 1.74 bits per heavy atom. The third kappa shape index (κ3) is 6.13. The number of oxime groups is 1. The molecule has 4 nitrogen and oxygen atoms in total. The fourth-order valence-corrected chi connectivity index (χ4v) is 1.94. The average molecular weight is 283 g/mol. The standard InChI is InChI=1S/C12H24F3N3O/c1-4-9(5-2)7-18(6-3)8-10(11(16)17-19)12(13,14)15/h9-10,19H,4-8H2,1-3H3,(H2,16,17). The number of halogens is 3. The summed E-state index contributed by atoms with van der Waals surface area (Å²) in [4.78, 5) is 1.70. The molecule has 0 fully saturated rings. The molecule has 0 aromatic heterocycles. The van der Waals surface area contributed by atoms with Gasteiger partial charge >= 0.3 is 6.18 Å². The molecule has 0 aromatic rings. The normalized spacial score (nSPS) is 15.3. The molecule has 0 amide bonds. The van der Waals surface area contributed by atoms with Crippen molar-refractivity contribution in [2.24, 2.45) is 22.7 Å². The first-order valence-electron chi connectivity index (χ1n) is 6.56. The minimum atomic E-state index is -4.50. The van der Waals surface area contributed by atoms with Crippen molar-refractivity contribution in [2.75, 3.05) is 19.6 Å². The Kier molecular flexibility index (Phi) is 7.82. The van der Waals surface area contributed by atoms with Gasteiger partial charge in [-0.05, 0) is 12.5 Å². The van der Waals surface area contributed by atoms with E-state index in [9.17, 15) is 13.2 Å². The molecule has 0 spiro atoms. The predicted octanol–water partition coefficient (Wildman–Crippen LogP) is 2.67. The third-order valence-electron chi connectivity index (χ3n) is 3.43. The number of nitrogens with two attached hydrogens (primary N) is 1. The molecule has 0 aliphatic carbocycles. The zero-order chi connectivity index (χ0) is 15.1. The van der Waals surface area contributed by atoms with E-state index >= 15 is 0 Å². The molecule has 1 unspecified atom stereocenters. The van der Waals surface area contributed by atoms with Gasteiger partial charge in [-0.15, -0.1) is 0 Å². The summed E-state index contributed by atoms with van der Waals surface area (Å²) in [5.74, 6) is -2.34. The van der Waals surface area contributed by atoms with Crippen LogP contribution in [0.3, 0.4) is 0 Å². The second kappa shape index (κ2) is 8.24. The van der Waals surface area contributed by atoms with Crippen LogP contribution in [-0.2, 0) is 0 Å². The average Bonchev–Trinajstić information content (AvgIpc) is 2.37. The van der Waals surface area contributed by atoms with Crippen LogP contribution in [0, 0.1) is 11.8 Å². The van der Waals surface area contributed by atoms with Crippen LogP contribution in [0.25, 0.3) is 0 Å². The van der Waals surface area contributed by atoms with Crippen molar-refractivity contribution in [2.45, 2.75) is 39.8 Å². The zero-order valence-electron chi connectivity index (χ0n) is 11.7. The van der Waals surface area contributed by atoms with Crippen LogP contribution in [0.15, 0.2) is 5.16 Å². The van der Waals surface area contributed by atoms with E-state index in [1.165, 1.54) is 0 Å². The van der Waals surface area contributed by atoms with Gasteiger partial charge in [0, 0.05) is 13.1 Å². The minimum absolute atomic E-state index is 0.271. The molecule has 0 saturated carbocycles. The molecule has 0 radical (unpaired) electrons. The molecule has 0 saturated heterocycles. The van der Waals surface area contributed by atoms with Crippen molar-refractivity contribution in [1.29, 1.82) is 0 Å². The number of hydrogen-bond donors (Lipinski definition) is 2. The van der Waals surface area contributed by atoms with Gasteiger partial charge in [0.15, 0.2) is 5.84 Å². The van der Waals surface area contributed by atoms with Gasteiger partial charge < -0.3 is 15.8 Å². The molecule has 1 atom stereocenters. The summed E-state index contributed by atoms with van der Waals surface area (Å²) in [7, 11) is 0. The van der Waals surface area contributed by atoms with E-state index in [2.05, 4.69) is 5.16 Å². The van der Waals surface area contributed by atoms with E-state index < -0.39 is 17.9 Å². The molecule has 19 heavy (non-hydrogen) atoms. The van der Waals surface area contributed by atoms with Crippen LogP contribution in [0.4, 0.5) is 13.2 Å². The molecule has 3 N–H and O–H groups in total. The number of rotatable bonds is 8. The first kappa shape index (κ1) is 18.0. The first-order chi connectivity index (χ1) is 8.79. The maximum Gasteiger partial charge on any atom is 0.400 e. The van der Waals surface area contributed by atoms with Crippen molar-refractivity contribution in [3.8, 4) is 0 Å². The van der Waals surface area contributed by atoms with Crippen molar-refractivity contribution in [3.63, 3.8) is 0 Å². The van der Waals surface area contributed by atoms with Crippen molar-refractivity contribution in [3.05, 3.63) is 0 Å². The van der Waals surface area contributed by atoms with Gasteiger partial charge in [0.25, 0.3) is 0 Å². The van der Waals surface area contributed by atoms with Crippen LogP contribution in [0.5, 0.6) is 0 Å². The summed E-state index contributed by atoms with van der Waals surface area (Å²) in [6, 6.07) is 0. The molecule has 0 bridgehead atoms. The Balaban J connectivity index is 4.80. The largest absolute Gasteiger partial charge is 0.409 e. The van der Waals surface area contributed by atoms with Gasteiger partial charge in [-0.1, -0.05) is 38.8 Å². The van der Waals surface area contributed by atoms with Gasteiger partial charge in [0.1, 0.15) is 5.92 Å². The highest BCUT2D eigenvalue weighted by Crippen LogP contribution is 2.27. The van der Waals surface area contributed by atoms with Gasteiger partial charge in [0.2, 0.25) is 0 Å². The van der Waals surface area contributed by atoms with Crippen LogP contribution in [0.2, 0.25) is 0 Å². The Morgan fingerprint density at radius 1 is 1.21 bits per heavy atom. The number of nitrogens with zero attached hydrogens (tertiary/aromatic N) is 2. The smallest absolute Gasteiger partial charge is 0.400 e. The Morgan fingerprint density at radius 3 is 2.05 bits per heavy atom. The van der Waals surface area contributed by atoms with Gasteiger partial charge in [-0.3, -0.25) is 0 Å². The lowest BCUT2D eigenvalue weighted by Gasteiger charge is -2.29. The summed E-state index contributed by atoms with van der Waals surface area (Å²) in [6.45, 7) is 6.67. The lowest BCUT2D eigenvalue weighted by Crippen LogP contribution is -2.45. The summed E-state index contributed by atoms with van der Waals surface area (Å²) in [5.41, 5.74) is 5.16. The van der Waals surface area contributed by atoms with E-state index in [1.807, 2.05) is 20.8 Å². The predicted molar refractivity (Wildman–Crippen MR) is 69.1 cm³/mol. The molecule has 0 aliphatic rings. The van der Waals surface area contributed by atoms with Crippen LogP contribution < -0.4 is 5.73 Å². The summed E-state index contributed by atoms with van der Waals surface area (Å²) >= 11 is 0. The third-order valence-corrected chi connectivity index (χ3v) is 3.43. The highest BCUT2D eigenvalue weighted by Gasteiger charge is 2.43. The molecule has 7 heteroatoms. The molecule has 0 aliphatic heterocycles. The number of hydrogen-bond acceptors (Lipinski definition) is 3. The SMILES string of the molecule is CCC(CC)CN(CC)CC(C(N)=NO)C(F)(F)F. The van der Waals surface area contributed by atoms with Crippen LogP contribution in [0.1, 0.15) is 33.6 Å². The highest BCUT2D eigenvalue weighted by molar-refractivity contribution is 5.83. The highest BCUT2D eigenvalue weighted by atomic mass is 19.4. The molecule has 0 rings (SSSR count). The molecule has 114 valence electrons. The topological polar surface area (TPSA) is 61.8 Å². The Labute approximate surface area is 112 Å². The van der Waals surface area contributed by atoms with Gasteiger partial charge in [-0.25, -0.2) is 0 Å².